The first kappa shape index (κ1) is 15.8. The summed E-state index contributed by atoms with van der Waals surface area (Å²) in [4.78, 5) is 14.5. The van der Waals surface area contributed by atoms with Gasteiger partial charge in [0.15, 0.2) is 0 Å². The fraction of sp³-hybridized carbons (Fsp3) is 0.941. The molecule has 1 aliphatic carbocycles. The summed E-state index contributed by atoms with van der Waals surface area (Å²) in [5, 5.41) is 10.1. The van der Waals surface area contributed by atoms with Crippen LogP contribution < -0.4 is 0 Å². The maximum absolute atomic E-state index is 12.4. The lowest BCUT2D eigenvalue weighted by Crippen LogP contribution is -2.51. The summed E-state index contributed by atoms with van der Waals surface area (Å²) in [5.41, 5.74) is 0.318. The third-order valence-corrected chi connectivity index (χ3v) is 5.65. The highest BCUT2D eigenvalue weighted by Crippen LogP contribution is 2.45. The Labute approximate surface area is 123 Å². The minimum Gasteiger partial charge on any atom is -0.393 e. The Kier molecular flexibility index (Phi) is 4.21. The van der Waals surface area contributed by atoms with Crippen LogP contribution in [0, 0.1) is 16.7 Å². The van der Waals surface area contributed by atoms with E-state index in [0.717, 1.165) is 32.2 Å². The molecule has 3 nitrogen and oxygen atoms in total. The Morgan fingerprint density at radius 2 is 2.00 bits per heavy atom. The van der Waals surface area contributed by atoms with E-state index in [-0.39, 0.29) is 28.9 Å². The molecule has 20 heavy (non-hydrogen) atoms. The average molecular weight is 281 g/mol. The van der Waals surface area contributed by atoms with Crippen LogP contribution in [0.5, 0.6) is 0 Å². The summed E-state index contributed by atoms with van der Waals surface area (Å²) >= 11 is 0. The van der Waals surface area contributed by atoms with Crippen molar-refractivity contribution in [1.82, 2.24) is 4.90 Å². The van der Waals surface area contributed by atoms with Gasteiger partial charge in [-0.1, -0.05) is 41.0 Å². The van der Waals surface area contributed by atoms with Gasteiger partial charge in [-0.15, -0.1) is 0 Å². The number of carbonyl (C=O) groups excluding carboxylic acids is 1. The van der Waals surface area contributed by atoms with Gasteiger partial charge in [0.05, 0.1) is 6.10 Å². The summed E-state index contributed by atoms with van der Waals surface area (Å²) in [6, 6.07) is 0.225. The molecule has 1 aliphatic heterocycles. The molecule has 1 saturated carbocycles. The Morgan fingerprint density at radius 1 is 1.35 bits per heavy atom. The summed E-state index contributed by atoms with van der Waals surface area (Å²) in [6.45, 7) is 12.0. The lowest BCUT2D eigenvalue weighted by molar-refractivity contribution is -0.134. The molecular weight excluding hydrogens is 250 g/mol. The second-order valence-corrected chi connectivity index (χ2v) is 8.35. The molecule has 0 spiro atoms. The van der Waals surface area contributed by atoms with E-state index in [1.54, 1.807) is 0 Å². The van der Waals surface area contributed by atoms with E-state index in [2.05, 4.69) is 39.5 Å². The van der Waals surface area contributed by atoms with Gasteiger partial charge in [-0.2, -0.15) is 0 Å². The van der Waals surface area contributed by atoms with E-state index in [1.807, 2.05) is 0 Å². The maximum atomic E-state index is 12.4. The number of nitrogens with zero attached hydrogens (tertiary/aromatic N) is 1. The van der Waals surface area contributed by atoms with Gasteiger partial charge in [0.25, 0.3) is 0 Å². The fourth-order valence-electron chi connectivity index (χ4n) is 4.06. The van der Waals surface area contributed by atoms with Gasteiger partial charge < -0.3 is 10.0 Å². The zero-order chi connectivity index (χ0) is 15.1. The molecule has 0 aromatic heterocycles. The van der Waals surface area contributed by atoms with Crippen molar-refractivity contribution in [2.24, 2.45) is 16.7 Å². The normalized spacial score (nSPS) is 34.6. The number of aliphatic hydroxyl groups excluding tert-OH is 1. The maximum Gasteiger partial charge on any atom is 0.223 e. The number of hydrogen-bond donors (Lipinski definition) is 1. The van der Waals surface area contributed by atoms with Crippen molar-refractivity contribution < 1.29 is 9.90 Å². The van der Waals surface area contributed by atoms with Crippen molar-refractivity contribution in [2.75, 3.05) is 6.54 Å². The molecule has 0 aromatic carbocycles. The predicted octanol–water partition coefficient (Wildman–Crippen LogP) is 3.21. The second kappa shape index (κ2) is 5.32. The van der Waals surface area contributed by atoms with Gasteiger partial charge in [0.1, 0.15) is 0 Å². The molecule has 3 heteroatoms. The largest absolute Gasteiger partial charge is 0.393 e. The molecule has 2 aliphatic rings. The van der Waals surface area contributed by atoms with Gasteiger partial charge >= 0.3 is 0 Å². The minimum atomic E-state index is -0.236. The van der Waals surface area contributed by atoms with E-state index in [1.165, 1.54) is 0 Å². The Morgan fingerprint density at radius 3 is 2.50 bits per heavy atom. The standard InChI is InChI=1S/C17H31NO2/c1-6-17(4,5)13-8-7-12(19)9-14(13)18-11-16(2,3)10-15(18)20/h12-14,19H,6-11H2,1-5H3. The van der Waals surface area contributed by atoms with Crippen molar-refractivity contribution in [3.63, 3.8) is 0 Å². The molecular formula is C17H31NO2. The average Bonchev–Trinajstić information content (AvgIpc) is 2.62. The van der Waals surface area contributed by atoms with E-state index >= 15 is 0 Å². The van der Waals surface area contributed by atoms with Crippen LogP contribution >= 0.6 is 0 Å². The molecule has 2 fully saturated rings. The van der Waals surface area contributed by atoms with Gasteiger partial charge in [0.2, 0.25) is 5.91 Å². The third-order valence-electron chi connectivity index (χ3n) is 5.65. The fourth-order valence-corrected chi connectivity index (χ4v) is 4.06. The highest BCUT2D eigenvalue weighted by atomic mass is 16.3. The van der Waals surface area contributed by atoms with Crippen molar-refractivity contribution in [3.8, 4) is 0 Å². The molecule has 3 atom stereocenters. The number of hydrogen-bond acceptors (Lipinski definition) is 2. The van der Waals surface area contributed by atoms with Crippen LogP contribution in [0.1, 0.15) is 66.7 Å². The quantitative estimate of drug-likeness (QED) is 0.863. The lowest BCUT2D eigenvalue weighted by Gasteiger charge is -2.47. The molecule has 116 valence electrons. The topological polar surface area (TPSA) is 40.5 Å². The first-order chi connectivity index (χ1) is 9.16. The number of likely N-dealkylation sites (tertiary alicyclic amines) is 1. The summed E-state index contributed by atoms with van der Waals surface area (Å²) in [6.07, 6.45) is 4.22. The van der Waals surface area contributed by atoms with Gasteiger partial charge in [-0.05, 0) is 36.0 Å². The SMILES string of the molecule is CCC(C)(C)C1CCC(O)CC1N1CC(C)(C)CC1=O. The molecule has 0 aromatic rings. The molecule has 1 heterocycles. The van der Waals surface area contributed by atoms with Crippen LogP contribution in [0.15, 0.2) is 0 Å². The Hall–Kier alpha value is -0.570. The first-order valence-electron chi connectivity index (χ1n) is 8.14. The van der Waals surface area contributed by atoms with E-state index in [0.29, 0.717) is 12.3 Å². The van der Waals surface area contributed by atoms with Crippen molar-refractivity contribution in [3.05, 3.63) is 0 Å². The molecule has 3 unspecified atom stereocenters. The second-order valence-electron chi connectivity index (χ2n) is 8.35. The predicted molar refractivity (Wildman–Crippen MR) is 81.3 cm³/mol. The number of carbonyl (C=O) groups is 1. The molecule has 0 bridgehead atoms. The Balaban J connectivity index is 2.23. The van der Waals surface area contributed by atoms with Gasteiger partial charge in [-0.25, -0.2) is 0 Å². The summed E-state index contributed by atoms with van der Waals surface area (Å²) in [7, 11) is 0. The molecule has 1 saturated heterocycles. The van der Waals surface area contributed by atoms with E-state index < -0.39 is 0 Å². The number of amides is 1. The molecule has 1 N–H and O–H groups in total. The van der Waals surface area contributed by atoms with Gasteiger partial charge in [0, 0.05) is 19.0 Å². The van der Waals surface area contributed by atoms with Crippen molar-refractivity contribution in [1.29, 1.82) is 0 Å². The number of rotatable bonds is 3. The smallest absolute Gasteiger partial charge is 0.223 e. The zero-order valence-electron chi connectivity index (χ0n) is 13.8. The summed E-state index contributed by atoms with van der Waals surface area (Å²) in [5.74, 6) is 0.791. The van der Waals surface area contributed by atoms with Crippen molar-refractivity contribution >= 4 is 5.91 Å². The van der Waals surface area contributed by atoms with Crippen LogP contribution in [0.4, 0.5) is 0 Å². The summed E-state index contributed by atoms with van der Waals surface area (Å²) < 4.78 is 0. The highest BCUT2D eigenvalue weighted by Gasteiger charge is 2.47. The molecule has 1 amide bonds. The van der Waals surface area contributed by atoms with E-state index in [9.17, 15) is 9.90 Å². The highest BCUT2D eigenvalue weighted by molar-refractivity contribution is 5.79. The van der Waals surface area contributed by atoms with Gasteiger partial charge in [-0.3, -0.25) is 4.79 Å². The first-order valence-corrected chi connectivity index (χ1v) is 8.14. The monoisotopic (exact) mass is 281 g/mol. The van der Waals surface area contributed by atoms with Crippen LogP contribution in [-0.2, 0) is 4.79 Å². The number of aliphatic hydroxyl groups is 1. The lowest BCUT2D eigenvalue weighted by atomic mass is 9.66. The van der Waals surface area contributed by atoms with Crippen LogP contribution in [0.3, 0.4) is 0 Å². The van der Waals surface area contributed by atoms with Crippen molar-refractivity contribution in [2.45, 2.75) is 78.9 Å². The zero-order valence-corrected chi connectivity index (χ0v) is 13.8. The van der Waals surface area contributed by atoms with Crippen LogP contribution in [0.25, 0.3) is 0 Å². The van der Waals surface area contributed by atoms with E-state index in [4.69, 9.17) is 0 Å². The Bertz CT molecular complexity index is 375. The van der Waals surface area contributed by atoms with Crippen LogP contribution in [-0.4, -0.2) is 34.6 Å². The minimum absolute atomic E-state index is 0.0837. The molecule has 0 radical (unpaired) electrons. The van der Waals surface area contributed by atoms with Crippen LogP contribution in [0.2, 0.25) is 0 Å². The third kappa shape index (κ3) is 3.03. The molecule has 2 rings (SSSR count).